The minimum Gasteiger partial charge on any atom is -0.508 e. The van der Waals surface area contributed by atoms with Gasteiger partial charge in [-0.3, -0.25) is 4.79 Å². The summed E-state index contributed by atoms with van der Waals surface area (Å²) >= 11 is 0. The number of unbranched alkanes of at least 4 members (excludes halogenated alkanes) is 15. The SMILES string of the molecule is CCCCCCCCCCCCCCCCCCOC(=O)C(C)c1cc(C(C)(C)C)c(O)cc1C(C)(C)C. The molecule has 1 atom stereocenters. The number of phenolic OH excluding ortho intramolecular Hbond substituents is 1. The van der Waals surface area contributed by atoms with Crippen molar-refractivity contribution in [1.29, 1.82) is 0 Å². The second-order valence-electron chi connectivity index (χ2n) is 13.6. The summed E-state index contributed by atoms with van der Waals surface area (Å²) in [7, 11) is 0. The van der Waals surface area contributed by atoms with Crippen molar-refractivity contribution in [2.45, 2.75) is 175 Å². The van der Waals surface area contributed by atoms with Crippen molar-refractivity contribution in [3.8, 4) is 5.75 Å². The molecular formula is C35H62O3. The van der Waals surface area contributed by atoms with E-state index in [-0.39, 0.29) is 22.7 Å². The van der Waals surface area contributed by atoms with Crippen molar-refractivity contribution < 1.29 is 14.6 Å². The first-order chi connectivity index (χ1) is 17.9. The summed E-state index contributed by atoms with van der Waals surface area (Å²) in [6.45, 7) is 17.3. The predicted octanol–water partition coefficient (Wildman–Crippen LogP) is 10.9. The average molecular weight is 531 g/mol. The van der Waals surface area contributed by atoms with Crippen molar-refractivity contribution in [3.63, 3.8) is 0 Å². The number of hydrogen-bond acceptors (Lipinski definition) is 3. The molecule has 0 radical (unpaired) electrons. The Morgan fingerprint density at radius 2 is 1.08 bits per heavy atom. The van der Waals surface area contributed by atoms with E-state index in [1.165, 1.54) is 89.9 Å². The smallest absolute Gasteiger partial charge is 0.313 e. The number of carbonyl (C=O) groups excluding carboxylic acids is 1. The lowest BCUT2D eigenvalue weighted by Crippen LogP contribution is -2.22. The molecule has 0 aliphatic carbocycles. The predicted molar refractivity (Wildman–Crippen MR) is 164 cm³/mol. The van der Waals surface area contributed by atoms with Crippen molar-refractivity contribution >= 4 is 5.97 Å². The van der Waals surface area contributed by atoms with Gasteiger partial charge in [-0.1, -0.05) is 151 Å². The highest BCUT2D eigenvalue weighted by Gasteiger charge is 2.29. The van der Waals surface area contributed by atoms with Crippen molar-refractivity contribution in [1.82, 2.24) is 0 Å². The Morgan fingerprint density at radius 1 is 0.684 bits per heavy atom. The van der Waals surface area contributed by atoms with Gasteiger partial charge in [0.1, 0.15) is 5.75 Å². The highest BCUT2D eigenvalue weighted by atomic mass is 16.5. The van der Waals surface area contributed by atoms with Gasteiger partial charge >= 0.3 is 5.97 Å². The molecule has 1 aromatic carbocycles. The van der Waals surface area contributed by atoms with E-state index in [0.29, 0.717) is 12.4 Å². The molecule has 38 heavy (non-hydrogen) atoms. The summed E-state index contributed by atoms with van der Waals surface area (Å²) in [5, 5.41) is 10.7. The van der Waals surface area contributed by atoms with Gasteiger partial charge in [0.25, 0.3) is 0 Å². The van der Waals surface area contributed by atoms with Crippen molar-refractivity contribution in [2.75, 3.05) is 6.61 Å². The number of hydrogen-bond donors (Lipinski definition) is 1. The first-order valence-electron chi connectivity index (χ1n) is 15.9. The third-order valence-electron chi connectivity index (χ3n) is 7.85. The van der Waals surface area contributed by atoms with Gasteiger partial charge in [0.2, 0.25) is 0 Å². The fraction of sp³-hybridized carbons (Fsp3) is 0.800. The van der Waals surface area contributed by atoms with E-state index in [1.807, 2.05) is 19.1 Å². The third-order valence-corrected chi connectivity index (χ3v) is 7.85. The van der Waals surface area contributed by atoms with Crippen LogP contribution in [-0.2, 0) is 20.4 Å². The van der Waals surface area contributed by atoms with Gasteiger partial charge in [0, 0.05) is 0 Å². The molecule has 0 fully saturated rings. The lowest BCUT2D eigenvalue weighted by molar-refractivity contribution is -0.145. The molecule has 0 bridgehead atoms. The number of aromatic hydroxyl groups is 1. The molecule has 0 aliphatic rings. The molecule has 1 rings (SSSR count). The normalized spacial score (nSPS) is 13.1. The zero-order valence-electron chi connectivity index (χ0n) is 26.5. The molecule has 0 spiro atoms. The second-order valence-corrected chi connectivity index (χ2v) is 13.6. The Balaban J connectivity index is 2.27. The summed E-state index contributed by atoms with van der Waals surface area (Å²) in [5.74, 6) is -0.214. The van der Waals surface area contributed by atoms with Gasteiger partial charge in [-0.15, -0.1) is 0 Å². The molecule has 0 aromatic heterocycles. The summed E-state index contributed by atoms with van der Waals surface area (Å²) in [4.78, 5) is 12.9. The topological polar surface area (TPSA) is 46.5 Å². The van der Waals surface area contributed by atoms with Crippen molar-refractivity contribution in [3.05, 3.63) is 28.8 Å². The van der Waals surface area contributed by atoms with Crippen LogP contribution >= 0.6 is 0 Å². The minimum atomic E-state index is -0.355. The fourth-order valence-corrected chi connectivity index (χ4v) is 5.29. The van der Waals surface area contributed by atoms with E-state index < -0.39 is 0 Å². The third kappa shape index (κ3) is 13.5. The van der Waals surface area contributed by atoms with Crippen LogP contribution in [-0.4, -0.2) is 17.7 Å². The number of esters is 1. The highest BCUT2D eigenvalue weighted by Crippen LogP contribution is 2.40. The number of benzene rings is 1. The number of carbonyl (C=O) groups is 1. The molecular weight excluding hydrogens is 468 g/mol. The van der Waals surface area contributed by atoms with E-state index in [2.05, 4.69) is 48.5 Å². The van der Waals surface area contributed by atoms with E-state index in [9.17, 15) is 9.90 Å². The van der Waals surface area contributed by atoms with Crippen LogP contribution in [0.3, 0.4) is 0 Å². The Labute approximate surface area is 236 Å². The minimum absolute atomic E-state index is 0.165. The van der Waals surface area contributed by atoms with Crippen LogP contribution < -0.4 is 0 Å². The zero-order chi connectivity index (χ0) is 28.6. The highest BCUT2D eigenvalue weighted by molar-refractivity contribution is 5.78. The van der Waals surface area contributed by atoms with Crippen LogP contribution in [0.25, 0.3) is 0 Å². The maximum absolute atomic E-state index is 12.9. The Kier molecular flexibility index (Phi) is 16.3. The van der Waals surface area contributed by atoms with E-state index in [1.54, 1.807) is 0 Å². The first kappa shape index (κ1) is 34.5. The zero-order valence-corrected chi connectivity index (χ0v) is 26.5. The molecule has 1 unspecified atom stereocenters. The largest absolute Gasteiger partial charge is 0.508 e. The molecule has 0 heterocycles. The number of phenols is 1. The quantitative estimate of drug-likeness (QED) is 0.143. The second kappa shape index (κ2) is 18.0. The number of rotatable bonds is 19. The van der Waals surface area contributed by atoms with Crippen LogP contribution in [0.2, 0.25) is 0 Å². The van der Waals surface area contributed by atoms with Gasteiger partial charge in [0.15, 0.2) is 0 Å². The summed E-state index contributed by atoms with van der Waals surface area (Å²) < 4.78 is 5.70. The van der Waals surface area contributed by atoms with Gasteiger partial charge < -0.3 is 9.84 Å². The maximum Gasteiger partial charge on any atom is 0.313 e. The standard InChI is InChI=1S/C35H62O3/c1-9-10-11-12-13-14-15-16-17-18-19-20-21-22-23-24-25-38-33(37)28(2)29-26-31(35(6,7)8)32(36)27-30(29)34(3,4)5/h26-28,36H,9-25H2,1-8H3. The lowest BCUT2D eigenvalue weighted by atomic mass is 9.76. The van der Waals surface area contributed by atoms with E-state index in [0.717, 1.165) is 29.5 Å². The van der Waals surface area contributed by atoms with Crippen LogP contribution in [0.15, 0.2) is 12.1 Å². The first-order valence-corrected chi connectivity index (χ1v) is 15.9. The van der Waals surface area contributed by atoms with E-state index in [4.69, 9.17) is 4.74 Å². The van der Waals surface area contributed by atoms with Crippen LogP contribution in [0.4, 0.5) is 0 Å². The Morgan fingerprint density at radius 3 is 1.47 bits per heavy atom. The van der Waals surface area contributed by atoms with Gasteiger partial charge in [-0.25, -0.2) is 0 Å². The van der Waals surface area contributed by atoms with Crippen LogP contribution in [0.1, 0.15) is 181 Å². The molecule has 0 amide bonds. The average Bonchev–Trinajstić information content (AvgIpc) is 2.83. The summed E-state index contributed by atoms with van der Waals surface area (Å²) in [6.07, 6.45) is 21.4. The molecule has 1 N–H and O–H groups in total. The Bertz CT molecular complexity index is 782. The fourth-order valence-electron chi connectivity index (χ4n) is 5.29. The molecule has 0 aliphatic heterocycles. The molecule has 3 heteroatoms. The molecule has 1 aromatic rings. The maximum atomic E-state index is 12.9. The van der Waals surface area contributed by atoms with Gasteiger partial charge in [-0.05, 0) is 46.9 Å². The summed E-state index contributed by atoms with van der Waals surface area (Å²) in [5.41, 5.74) is 2.47. The van der Waals surface area contributed by atoms with Gasteiger partial charge in [-0.2, -0.15) is 0 Å². The number of ether oxygens (including phenoxy) is 1. The Hall–Kier alpha value is -1.51. The molecule has 3 nitrogen and oxygen atoms in total. The van der Waals surface area contributed by atoms with E-state index >= 15 is 0 Å². The molecule has 0 saturated carbocycles. The molecule has 220 valence electrons. The molecule has 0 saturated heterocycles. The van der Waals surface area contributed by atoms with Crippen LogP contribution in [0.5, 0.6) is 5.75 Å². The van der Waals surface area contributed by atoms with Gasteiger partial charge in [0.05, 0.1) is 12.5 Å². The van der Waals surface area contributed by atoms with Crippen LogP contribution in [0, 0.1) is 0 Å². The van der Waals surface area contributed by atoms with Crippen molar-refractivity contribution in [2.24, 2.45) is 0 Å². The summed E-state index contributed by atoms with van der Waals surface area (Å²) in [6, 6.07) is 3.88. The lowest BCUT2D eigenvalue weighted by Gasteiger charge is -2.29. The monoisotopic (exact) mass is 530 g/mol.